The van der Waals surface area contributed by atoms with E-state index in [0.29, 0.717) is 0 Å². The summed E-state index contributed by atoms with van der Waals surface area (Å²) in [5.41, 5.74) is 7.07. The molecular weight excluding hydrogens is 254 g/mol. The van der Waals surface area contributed by atoms with Gasteiger partial charge in [-0.05, 0) is 19.9 Å². The Morgan fingerprint density at radius 3 is 2.75 bits per heavy atom. The van der Waals surface area contributed by atoms with Crippen molar-refractivity contribution in [1.29, 1.82) is 0 Å². The zero-order valence-electron chi connectivity index (χ0n) is 12.2. The fraction of sp³-hybridized carbons (Fsp3) is 0.625. The minimum Gasteiger partial charge on any atom is -0.490 e. The minimum absolute atomic E-state index is 0.0332. The lowest BCUT2D eigenvalue weighted by Crippen LogP contribution is -2.37. The van der Waals surface area contributed by atoms with Crippen molar-refractivity contribution in [3.8, 4) is 11.5 Å². The van der Waals surface area contributed by atoms with Crippen LogP contribution in [0.2, 0.25) is 0 Å². The van der Waals surface area contributed by atoms with Gasteiger partial charge in [-0.15, -0.1) is 0 Å². The third-order valence-electron chi connectivity index (χ3n) is 3.95. The molecule has 0 bridgehead atoms. The molecule has 0 radical (unpaired) electrons. The molecule has 1 fully saturated rings. The fourth-order valence-electron chi connectivity index (χ4n) is 2.95. The molecule has 0 saturated carbocycles. The second kappa shape index (κ2) is 5.26. The van der Waals surface area contributed by atoms with Crippen LogP contribution >= 0.6 is 0 Å². The topological polar surface area (TPSA) is 53.7 Å². The number of ether oxygens (including phenoxy) is 3. The Morgan fingerprint density at radius 1 is 1.25 bits per heavy atom. The van der Waals surface area contributed by atoms with Crippen molar-refractivity contribution in [2.24, 2.45) is 5.73 Å². The molecule has 1 atom stereocenters. The van der Waals surface area contributed by atoms with Gasteiger partial charge in [0.25, 0.3) is 0 Å². The zero-order valence-corrected chi connectivity index (χ0v) is 12.2. The van der Waals surface area contributed by atoms with Crippen LogP contribution in [-0.2, 0) is 4.74 Å². The highest BCUT2D eigenvalue weighted by Gasteiger charge is 2.32. The van der Waals surface area contributed by atoms with Crippen LogP contribution in [0.15, 0.2) is 18.2 Å². The van der Waals surface area contributed by atoms with Crippen molar-refractivity contribution in [2.75, 3.05) is 13.2 Å². The zero-order chi connectivity index (χ0) is 14.2. The van der Waals surface area contributed by atoms with Gasteiger partial charge < -0.3 is 19.9 Å². The minimum atomic E-state index is -0.219. The van der Waals surface area contributed by atoms with Crippen molar-refractivity contribution in [3.05, 3.63) is 23.8 Å². The van der Waals surface area contributed by atoms with E-state index in [1.807, 2.05) is 18.2 Å². The standard InChI is InChI=1S/C16H23NO3/c1-16(2)10-14(17)13-4-3-12(9-15(13)20-16)19-11-5-7-18-8-6-11/h3-4,9,11,14H,5-8,10,17H2,1-2H3. The summed E-state index contributed by atoms with van der Waals surface area (Å²) in [6.45, 7) is 5.71. The largest absolute Gasteiger partial charge is 0.490 e. The molecule has 0 spiro atoms. The van der Waals surface area contributed by atoms with Crippen molar-refractivity contribution in [2.45, 2.75) is 50.9 Å². The molecule has 0 aromatic heterocycles. The predicted molar refractivity (Wildman–Crippen MR) is 77.2 cm³/mol. The molecule has 1 saturated heterocycles. The van der Waals surface area contributed by atoms with Crippen LogP contribution in [0.1, 0.15) is 44.7 Å². The summed E-state index contributed by atoms with van der Waals surface area (Å²) in [4.78, 5) is 0. The first kappa shape index (κ1) is 13.7. The van der Waals surface area contributed by atoms with E-state index in [4.69, 9.17) is 19.9 Å². The van der Waals surface area contributed by atoms with Crippen LogP contribution in [0, 0.1) is 0 Å². The van der Waals surface area contributed by atoms with Gasteiger partial charge in [-0.2, -0.15) is 0 Å². The van der Waals surface area contributed by atoms with Gasteiger partial charge in [-0.25, -0.2) is 0 Å². The monoisotopic (exact) mass is 277 g/mol. The van der Waals surface area contributed by atoms with Crippen molar-refractivity contribution in [3.63, 3.8) is 0 Å². The van der Waals surface area contributed by atoms with E-state index < -0.39 is 0 Å². The average Bonchev–Trinajstić information content (AvgIpc) is 2.38. The van der Waals surface area contributed by atoms with Gasteiger partial charge in [0, 0.05) is 36.9 Å². The molecule has 1 aromatic rings. The lowest BCUT2D eigenvalue weighted by atomic mass is 9.90. The molecular formula is C16H23NO3. The van der Waals surface area contributed by atoms with Crippen LogP contribution in [-0.4, -0.2) is 24.9 Å². The fourth-order valence-corrected chi connectivity index (χ4v) is 2.95. The SMILES string of the molecule is CC1(C)CC(N)c2ccc(OC3CCOCC3)cc2O1. The van der Waals surface area contributed by atoms with Gasteiger partial charge >= 0.3 is 0 Å². The summed E-state index contributed by atoms with van der Waals surface area (Å²) >= 11 is 0. The lowest BCUT2D eigenvalue weighted by Gasteiger charge is -2.36. The van der Waals surface area contributed by atoms with E-state index in [2.05, 4.69) is 13.8 Å². The second-order valence-electron chi connectivity index (χ2n) is 6.30. The molecule has 110 valence electrons. The maximum Gasteiger partial charge on any atom is 0.128 e. The lowest BCUT2D eigenvalue weighted by molar-refractivity contribution is 0.0250. The molecule has 2 aliphatic heterocycles. The van der Waals surface area contributed by atoms with E-state index in [0.717, 1.165) is 49.5 Å². The number of rotatable bonds is 2. The average molecular weight is 277 g/mol. The molecule has 1 unspecified atom stereocenters. The van der Waals surface area contributed by atoms with E-state index in [-0.39, 0.29) is 17.7 Å². The first-order valence-electron chi connectivity index (χ1n) is 7.36. The molecule has 4 nitrogen and oxygen atoms in total. The van der Waals surface area contributed by atoms with E-state index in [1.165, 1.54) is 0 Å². The van der Waals surface area contributed by atoms with Gasteiger partial charge in [0.2, 0.25) is 0 Å². The molecule has 0 amide bonds. The second-order valence-corrected chi connectivity index (χ2v) is 6.30. The Balaban J connectivity index is 1.78. The van der Waals surface area contributed by atoms with E-state index in [1.54, 1.807) is 0 Å². The molecule has 4 heteroatoms. The first-order chi connectivity index (χ1) is 9.53. The highest BCUT2D eigenvalue weighted by molar-refractivity contribution is 5.44. The summed E-state index contributed by atoms with van der Waals surface area (Å²) < 4.78 is 17.4. The number of benzene rings is 1. The highest BCUT2D eigenvalue weighted by atomic mass is 16.5. The molecule has 0 aliphatic carbocycles. The maximum atomic E-state index is 6.22. The number of nitrogens with two attached hydrogens (primary N) is 1. The summed E-state index contributed by atoms with van der Waals surface area (Å²) in [5, 5.41) is 0. The Bertz CT molecular complexity index is 481. The predicted octanol–water partition coefficient (Wildman–Crippen LogP) is 2.81. The van der Waals surface area contributed by atoms with Crippen molar-refractivity contribution < 1.29 is 14.2 Å². The van der Waals surface area contributed by atoms with Crippen molar-refractivity contribution >= 4 is 0 Å². The maximum absolute atomic E-state index is 6.22. The molecule has 2 heterocycles. The van der Waals surface area contributed by atoms with Gasteiger partial charge in [-0.1, -0.05) is 6.07 Å². The van der Waals surface area contributed by atoms with Crippen LogP contribution < -0.4 is 15.2 Å². The molecule has 2 aliphatic rings. The van der Waals surface area contributed by atoms with E-state index >= 15 is 0 Å². The Labute approximate surface area is 120 Å². The summed E-state index contributed by atoms with van der Waals surface area (Å²) in [6, 6.07) is 6.04. The van der Waals surface area contributed by atoms with Gasteiger partial charge in [0.1, 0.15) is 23.2 Å². The van der Waals surface area contributed by atoms with Crippen molar-refractivity contribution in [1.82, 2.24) is 0 Å². The van der Waals surface area contributed by atoms with E-state index in [9.17, 15) is 0 Å². The Kier molecular flexibility index (Phi) is 3.61. The summed E-state index contributed by atoms with van der Waals surface area (Å²) in [5.74, 6) is 1.72. The molecule has 3 rings (SSSR count). The summed E-state index contributed by atoms with van der Waals surface area (Å²) in [6.07, 6.45) is 2.97. The van der Waals surface area contributed by atoms with Crippen LogP contribution in [0.4, 0.5) is 0 Å². The highest BCUT2D eigenvalue weighted by Crippen LogP contribution is 2.40. The molecule has 2 N–H and O–H groups in total. The van der Waals surface area contributed by atoms with Crippen LogP contribution in [0.25, 0.3) is 0 Å². The number of hydrogen-bond donors (Lipinski definition) is 1. The Morgan fingerprint density at radius 2 is 2.00 bits per heavy atom. The van der Waals surface area contributed by atoms with Gasteiger partial charge in [0.05, 0.1) is 13.2 Å². The Hall–Kier alpha value is -1.26. The smallest absolute Gasteiger partial charge is 0.128 e. The first-order valence-corrected chi connectivity index (χ1v) is 7.36. The van der Waals surface area contributed by atoms with Gasteiger partial charge in [-0.3, -0.25) is 0 Å². The van der Waals surface area contributed by atoms with Gasteiger partial charge in [0.15, 0.2) is 0 Å². The third-order valence-corrected chi connectivity index (χ3v) is 3.95. The van der Waals surface area contributed by atoms with Crippen LogP contribution in [0.3, 0.4) is 0 Å². The molecule has 20 heavy (non-hydrogen) atoms. The number of fused-ring (bicyclic) bond motifs is 1. The normalized spacial score (nSPS) is 25.6. The number of hydrogen-bond acceptors (Lipinski definition) is 4. The van der Waals surface area contributed by atoms with Crippen LogP contribution in [0.5, 0.6) is 11.5 Å². The molecule has 1 aromatic carbocycles. The third kappa shape index (κ3) is 2.91. The quantitative estimate of drug-likeness (QED) is 0.903. The summed E-state index contributed by atoms with van der Waals surface area (Å²) in [7, 11) is 0.